The molecule has 0 saturated carbocycles. The number of hydrogen-bond acceptors (Lipinski definition) is 15. The van der Waals surface area contributed by atoms with Gasteiger partial charge in [-0.05, 0) is 69.1 Å². The molecule has 0 heterocycles. The lowest BCUT2D eigenvalue weighted by Crippen LogP contribution is -2.30. The first kappa shape index (κ1) is 89.5. The maximum Gasteiger partial charge on any atom is 0.472 e. The van der Waals surface area contributed by atoms with Crippen LogP contribution in [-0.2, 0) is 65.4 Å². The molecule has 0 bridgehead atoms. The summed E-state index contributed by atoms with van der Waals surface area (Å²) >= 11 is 0. The molecule has 0 amide bonds. The molecule has 0 radical (unpaired) electrons. The van der Waals surface area contributed by atoms with Crippen LogP contribution in [-0.4, -0.2) is 96.7 Å². The summed E-state index contributed by atoms with van der Waals surface area (Å²) in [5.74, 6) is 0.109. The smallest absolute Gasteiger partial charge is 0.462 e. The van der Waals surface area contributed by atoms with Gasteiger partial charge in [-0.3, -0.25) is 37.3 Å². The van der Waals surface area contributed by atoms with Gasteiger partial charge >= 0.3 is 39.5 Å². The molecular formula is C73H138O17P2. The first-order valence-electron chi connectivity index (χ1n) is 37.2. The van der Waals surface area contributed by atoms with Crippen LogP contribution in [0.2, 0.25) is 0 Å². The summed E-state index contributed by atoms with van der Waals surface area (Å²) in [4.78, 5) is 72.7. The Hall–Kier alpha value is -2.46. The molecule has 0 aliphatic carbocycles. The van der Waals surface area contributed by atoms with E-state index in [1.807, 2.05) is 0 Å². The van der Waals surface area contributed by atoms with E-state index in [9.17, 15) is 43.2 Å². The number of ether oxygens (including phenoxy) is 4. The summed E-state index contributed by atoms with van der Waals surface area (Å²) in [7, 11) is -9.92. The van der Waals surface area contributed by atoms with Crippen molar-refractivity contribution in [2.75, 3.05) is 39.6 Å². The molecule has 3 N–H and O–H groups in total. The van der Waals surface area contributed by atoms with Gasteiger partial charge in [-0.1, -0.05) is 291 Å². The highest BCUT2D eigenvalue weighted by Gasteiger charge is 2.30. The lowest BCUT2D eigenvalue weighted by atomic mass is 9.99. The van der Waals surface area contributed by atoms with Crippen LogP contribution in [0.4, 0.5) is 0 Å². The van der Waals surface area contributed by atoms with E-state index in [-0.39, 0.29) is 25.7 Å². The Bertz CT molecular complexity index is 1900. The van der Waals surface area contributed by atoms with Crippen molar-refractivity contribution in [2.45, 2.75) is 362 Å². The van der Waals surface area contributed by atoms with Crippen molar-refractivity contribution in [3.63, 3.8) is 0 Å². The molecule has 4 unspecified atom stereocenters. The van der Waals surface area contributed by atoms with Gasteiger partial charge in [0, 0.05) is 25.7 Å². The number of esters is 4. The molecule has 0 aliphatic rings. The largest absolute Gasteiger partial charge is 0.472 e. The van der Waals surface area contributed by atoms with Crippen LogP contribution < -0.4 is 0 Å². The number of unbranched alkanes of at least 4 members (excludes halogenated alkanes) is 33. The molecule has 0 saturated heterocycles. The highest BCUT2D eigenvalue weighted by Crippen LogP contribution is 2.45. The fourth-order valence-corrected chi connectivity index (χ4v) is 12.1. The summed E-state index contributed by atoms with van der Waals surface area (Å²) < 4.78 is 68.4. The number of hydrogen-bond donors (Lipinski definition) is 3. The van der Waals surface area contributed by atoms with Crippen molar-refractivity contribution in [1.82, 2.24) is 0 Å². The van der Waals surface area contributed by atoms with Gasteiger partial charge in [-0.15, -0.1) is 0 Å². The number of allylic oxidation sites excluding steroid dienone is 4. The van der Waals surface area contributed by atoms with Gasteiger partial charge in [0.15, 0.2) is 12.2 Å². The minimum Gasteiger partial charge on any atom is -0.462 e. The minimum absolute atomic E-state index is 0.0841. The van der Waals surface area contributed by atoms with E-state index in [1.54, 1.807) is 0 Å². The molecule has 17 nitrogen and oxygen atoms in total. The van der Waals surface area contributed by atoms with Crippen molar-refractivity contribution in [3.8, 4) is 0 Å². The van der Waals surface area contributed by atoms with Gasteiger partial charge in [0.05, 0.1) is 26.4 Å². The fourth-order valence-electron chi connectivity index (χ4n) is 10.5. The van der Waals surface area contributed by atoms with Gasteiger partial charge in [0.1, 0.15) is 19.3 Å². The Balaban J connectivity index is 5.31. The number of carbonyl (C=O) groups is 4. The zero-order valence-electron chi connectivity index (χ0n) is 59.5. The molecule has 0 rings (SSSR count). The highest BCUT2D eigenvalue weighted by molar-refractivity contribution is 7.47. The van der Waals surface area contributed by atoms with E-state index >= 15 is 0 Å². The number of aliphatic hydroxyl groups is 1. The molecule has 0 fully saturated rings. The molecule has 6 atom stereocenters. The number of phosphoric acid groups is 2. The number of aliphatic hydroxyl groups excluding tert-OH is 1. The van der Waals surface area contributed by atoms with Gasteiger partial charge in [0.2, 0.25) is 0 Å². The van der Waals surface area contributed by atoms with Crippen LogP contribution in [0.1, 0.15) is 344 Å². The van der Waals surface area contributed by atoms with Crippen molar-refractivity contribution in [1.29, 1.82) is 0 Å². The van der Waals surface area contributed by atoms with Crippen LogP contribution >= 0.6 is 15.6 Å². The SMILES string of the molecule is CCCCCC/C=C\C=C/CCCCCCCC(=O)O[C@H](COC(=O)CCCCCCCCCCC(C)CC)COP(=O)(O)OCC(O)COP(=O)(O)OC[C@@H](COC(=O)CCCCCCCCCCC(C)C)OC(=O)CCCCCCCCCCCCCC(C)C. The van der Waals surface area contributed by atoms with Crippen LogP contribution in [0, 0.1) is 17.8 Å². The third kappa shape index (κ3) is 64.9. The number of carbonyl (C=O) groups excluding carboxylic acids is 4. The van der Waals surface area contributed by atoms with Gasteiger partial charge in [0.25, 0.3) is 0 Å². The molecule has 0 spiro atoms. The molecule has 0 aromatic rings. The van der Waals surface area contributed by atoms with Crippen molar-refractivity contribution in [2.24, 2.45) is 17.8 Å². The van der Waals surface area contributed by atoms with Crippen molar-refractivity contribution < 1.29 is 80.2 Å². The van der Waals surface area contributed by atoms with Crippen molar-refractivity contribution in [3.05, 3.63) is 24.3 Å². The standard InChI is InChI=1S/C73H138O17P2/c1-8-10-11-12-13-14-15-16-17-18-21-24-35-42-49-56-72(77)89-69(61-84-71(76)55-48-41-34-29-27-32-39-46-53-66(7)9-2)63-88-92(81,82)86-59-67(74)58-85-91(79,80)87-62-68(60-83-70(75)54-47-40-33-28-26-31-38-45-52-65(5)6)90-73(78)57-50-43-36-25-22-19-20-23-30-37-44-51-64(3)4/h14-17,64-69,74H,8-13,18-63H2,1-7H3,(H,79,80)(H,81,82)/b15-14-,17-16-/t66?,67?,68-,69-/m1/s1. The third-order valence-corrected chi connectivity index (χ3v) is 18.5. The average Bonchev–Trinajstić information content (AvgIpc) is 3.30. The van der Waals surface area contributed by atoms with E-state index in [1.165, 1.54) is 141 Å². The molecular weight excluding hydrogens is 1210 g/mol. The fraction of sp³-hybridized carbons (Fsp3) is 0.890. The number of phosphoric ester groups is 2. The van der Waals surface area contributed by atoms with Crippen molar-refractivity contribution >= 4 is 39.5 Å². The molecule has 19 heteroatoms. The predicted octanol–water partition coefficient (Wildman–Crippen LogP) is 20.6. The first-order valence-corrected chi connectivity index (χ1v) is 40.2. The van der Waals surface area contributed by atoms with E-state index in [2.05, 4.69) is 72.8 Å². The van der Waals surface area contributed by atoms with Crippen LogP contribution in [0.3, 0.4) is 0 Å². The predicted molar refractivity (Wildman–Crippen MR) is 372 cm³/mol. The van der Waals surface area contributed by atoms with E-state index in [4.69, 9.17) is 37.0 Å². The van der Waals surface area contributed by atoms with E-state index < -0.39 is 97.5 Å². The zero-order valence-corrected chi connectivity index (χ0v) is 61.3. The van der Waals surface area contributed by atoms with Gasteiger partial charge < -0.3 is 33.8 Å². The minimum atomic E-state index is -4.96. The first-order chi connectivity index (χ1) is 44.3. The van der Waals surface area contributed by atoms with E-state index in [0.717, 1.165) is 120 Å². The molecule has 92 heavy (non-hydrogen) atoms. The quantitative estimate of drug-likeness (QED) is 0.0169. The Kier molecular flexibility index (Phi) is 61.6. The second-order valence-electron chi connectivity index (χ2n) is 26.8. The Morgan fingerprint density at radius 2 is 0.641 bits per heavy atom. The molecule has 0 aromatic carbocycles. The Labute approximate surface area is 561 Å². The van der Waals surface area contributed by atoms with Gasteiger partial charge in [-0.2, -0.15) is 0 Å². The maximum atomic E-state index is 13.0. The second kappa shape index (κ2) is 63.3. The monoisotopic (exact) mass is 1350 g/mol. The molecule has 542 valence electrons. The summed E-state index contributed by atoms with van der Waals surface area (Å²) in [6.07, 6.45) is 50.7. The summed E-state index contributed by atoms with van der Waals surface area (Å²) in [6.45, 7) is 11.8. The summed E-state index contributed by atoms with van der Waals surface area (Å²) in [6, 6.07) is 0. The summed E-state index contributed by atoms with van der Waals surface area (Å²) in [5.41, 5.74) is 0. The van der Waals surface area contributed by atoms with E-state index in [0.29, 0.717) is 25.7 Å². The average molecular weight is 1350 g/mol. The zero-order chi connectivity index (χ0) is 68.0. The Morgan fingerprint density at radius 1 is 0.359 bits per heavy atom. The lowest BCUT2D eigenvalue weighted by molar-refractivity contribution is -0.161. The lowest BCUT2D eigenvalue weighted by Gasteiger charge is -2.21. The topological polar surface area (TPSA) is 237 Å². The molecule has 0 aromatic heterocycles. The van der Waals surface area contributed by atoms with Crippen LogP contribution in [0.5, 0.6) is 0 Å². The van der Waals surface area contributed by atoms with Crippen LogP contribution in [0.25, 0.3) is 0 Å². The number of rotatable bonds is 69. The normalized spacial score (nSPS) is 14.6. The third-order valence-electron chi connectivity index (χ3n) is 16.6. The Morgan fingerprint density at radius 3 is 0.967 bits per heavy atom. The second-order valence-corrected chi connectivity index (χ2v) is 29.7. The molecule has 0 aliphatic heterocycles. The summed E-state index contributed by atoms with van der Waals surface area (Å²) in [5, 5.41) is 10.6. The maximum absolute atomic E-state index is 13.0. The highest BCUT2D eigenvalue weighted by atomic mass is 31.2. The van der Waals surface area contributed by atoms with Gasteiger partial charge in [-0.25, -0.2) is 9.13 Å². The van der Waals surface area contributed by atoms with Crippen LogP contribution in [0.15, 0.2) is 24.3 Å².